The Hall–Kier alpha value is 0.630. The molecule has 90 valence electrons. The van der Waals surface area contributed by atoms with Gasteiger partial charge in [0.25, 0.3) is 0 Å². The molecule has 1 aliphatic carbocycles. The Bertz CT molecular complexity index is 392. The first-order chi connectivity index (χ1) is 7.40. The maximum absolute atomic E-state index is 13.1. The molecule has 0 N–H and O–H groups in total. The van der Waals surface area contributed by atoms with Gasteiger partial charge in [-0.3, -0.25) is 3.97 Å². The smallest absolute Gasteiger partial charge is 0.285 e. The number of aromatic nitrogens is 1. The first-order valence-corrected chi connectivity index (χ1v) is 8.76. The van der Waals surface area contributed by atoms with Gasteiger partial charge in [-0.25, -0.2) is 0 Å². The highest BCUT2D eigenvalue weighted by Gasteiger charge is 2.57. The number of rotatable bonds is 1. The van der Waals surface area contributed by atoms with E-state index >= 15 is 0 Å². The van der Waals surface area contributed by atoms with E-state index in [1.165, 1.54) is 9.12 Å². The molecular weight excluding hydrogens is 418 g/mol. The highest BCUT2D eigenvalue weighted by atomic mass is 127. The topological polar surface area (TPSA) is 4.93 Å². The van der Waals surface area contributed by atoms with Crippen LogP contribution in [-0.2, 0) is 10.7 Å². The Balaban J connectivity index is 2.58. The van der Waals surface area contributed by atoms with Crippen LogP contribution < -0.4 is 0 Å². The Labute approximate surface area is 116 Å². The molecule has 0 fully saturated rings. The summed E-state index contributed by atoms with van der Waals surface area (Å²) in [7, 11) is 1.27. The number of alkyl halides is 4. The summed E-state index contributed by atoms with van der Waals surface area (Å²) in [6, 6.07) is 1.78. The van der Waals surface area contributed by atoms with E-state index in [0.717, 1.165) is 12.0 Å². The Morgan fingerprint density at radius 1 is 1.50 bits per heavy atom. The van der Waals surface area contributed by atoms with Crippen LogP contribution in [0.1, 0.15) is 24.1 Å². The minimum Gasteiger partial charge on any atom is -0.285 e. The van der Waals surface area contributed by atoms with Gasteiger partial charge in [-0.15, -0.1) is 0 Å². The van der Waals surface area contributed by atoms with Crippen LogP contribution in [0.3, 0.4) is 0 Å². The van der Waals surface area contributed by atoms with E-state index in [-0.39, 0.29) is 6.42 Å². The molecule has 1 atom stereocenters. The largest absolute Gasteiger partial charge is 0.409 e. The van der Waals surface area contributed by atoms with Crippen LogP contribution in [0.2, 0.25) is 0 Å². The van der Waals surface area contributed by atoms with Crippen LogP contribution in [0.15, 0.2) is 12.3 Å². The number of aryl methyl sites for hydroxylation is 1. The Kier molecular flexibility index (Phi) is 3.58. The van der Waals surface area contributed by atoms with Crippen LogP contribution in [0.5, 0.6) is 0 Å². The standard InChI is InChI=1S/C9H8BrF3INS/c10-8(9(11,12)13)4-1-2-6-3-5-15(16-14)7(6)8/h3,5H,1-2,4H2. The fraction of sp³-hybridized carbons (Fsp3) is 0.556. The summed E-state index contributed by atoms with van der Waals surface area (Å²) in [5.74, 6) is 0. The average molecular weight is 426 g/mol. The maximum atomic E-state index is 13.1. The third kappa shape index (κ3) is 1.92. The molecule has 0 bridgehead atoms. The van der Waals surface area contributed by atoms with Gasteiger partial charge in [0.05, 0.1) is 5.69 Å². The normalized spacial score (nSPS) is 25.6. The lowest BCUT2D eigenvalue weighted by atomic mass is 9.87. The molecule has 0 saturated carbocycles. The van der Waals surface area contributed by atoms with Gasteiger partial charge in [0.2, 0.25) is 0 Å². The van der Waals surface area contributed by atoms with Gasteiger partial charge in [-0.05, 0) is 30.9 Å². The second-order valence-electron chi connectivity index (χ2n) is 3.74. The molecule has 1 nitrogen and oxygen atoms in total. The van der Waals surface area contributed by atoms with E-state index in [1.54, 1.807) is 16.2 Å². The summed E-state index contributed by atoms with van der Waals surface area (Å²) in [5.41, 5.74) is 1.15. The first-order valence-electron chi connectivity index (χ1n) is 4.65. The number of nitrogens with zero attached hydrogens (tertiary/aromatic N) is 1. The molecule has 1 aliphatic rings. The van der Waals surface area contributed by atoms with Crippen molar-refractivity contribution in [3.8, 4) is 0 Å². The lowest BCUT2D eigenvalue weighted by molar-refractivity contribution is -0.164. The van der Waals surface area contributed by atoms with Crippen molar-refractivity contribution in [1.29, 1.82) is 0 Å². The lowest BCUT2D eigenvalue weighted by Gasteiger charge is -2.34. The minimum atomic E-state index is -4.26. The van der Waals surface area contributed by atoms with Gasteiger partial charge in [-0.1, -0.05) is 15.9 Å². The summed E-state index contributed by atoms with van der Waals surface area (Å²) < 4.78 is 39.1. The van der Waals surface area contributed by atoms with E-state index in [4.69, 9.17) is 0 Å². The molecule has 0 saturated heterocycles. The molecule has 0 aliphatic heterocycles. The van der Waals surface area contributed by atoms with Crippen LogP contribution in [0, 0.1) is 0 Å². The van der Waals surface area contributed by atoms with Crippen molar-refractivity contribution in [2.45, 2.75) is 29.8 Å². The Morgan fingerprint density at radius 3 is 2.75 bits per heavy atom. The van der Waals surface area contributed by atoms with E-state index in [1.807, 2.05) is 21.2 Å². The average Bonchev–Trinajstić information content (AvgIpc) is 2.60. The second-order valence-corrected chi connectivity index (χ2v) is 6.80. The predicted molar refractivity (Wildman–Crippen MR) is 71.0 cm³/mol. The second kappa shape index (κ2) is 4.38. The number of hydrogen-bond donors (Lipinski definition) is 0. The van der Waals surface area contributed by atoms with Crippen molar-refractivity contribution in [2.75, 3.05) is 0 Å². The zero-order valence-corrected chi connectivity index (χ0v) is 12.6. The Morgan fingerprint density at radius 2 is 2.19 bits per heavy atom. The van der Waals surface area contributed by atoms with Crippen LogP contribution in [-0.4, -0.2) is 10.1 Å². The molecule has 1 aromatic heterocycles. The molecule has 7 heteroatoms. The van der Waals surface area contributed by atoms with Crippen LogP contribution in [0.4, 0.5) is 13.2 Å². The van der Waals surface area contributed by atoms with Crippen molar-refractivity contribution in [3.63, 3.8) is 0 Å². The van der Waals surface area contributed by atoms with Gasteiger partial charge < -0.3 is 0 Å². The zero-order valence-electron chi connectivity index (χ0n) is 8.02. The van der Waals surface area contributed by atoms with Gasteiger partial charge in [-0.2, -0.15) is 13.2 Å². The lowest BCUT2D eigenvalue weighted by Crippen LogP contribution is -2.40. The zero-order chi connectivity index (χ0) is 12.0. The molecule has 0 aromatic carbocycles. The summed E-state index contributed by atoms with van der Waals surface area (Å²) >= 11 is 4.92. The van der Waals surface area contributed by atoms with E-state index < -0.39 is 10.5 Å². The molecule has 0 spiro atoms. The summed E-state index contributed by atoms with van der Waals surface area (Å²) in [4.78, 5) is 0. The van der Waals surface area contributed by atoms with Crippen LogP contribution in [0.25, 0.3) is 0 Å². The quantitative estimate of drug-likeness (QED) is 0.461. The number of halogens is 5. The van der Waals surface area contributed by atoms with E-state index in [2.05, 4.69) is 15.9 Å². The maximum Gasteiger partial charge on any atom is 0.409 e. The van der Waals surface area contributed by atoms with Gasteiger partial charge in [0.15, 0.2) is 4.32 Å². The highest BCUT2D eigenvalue weighted by molar-refractivity contribution is 14.2. The van der Waals surface area contributed by atoms with E-state index in [0.29, 0.717) is 12.1 Å². The van der Waals surface area contributed by atoms with Crippen molar-refractivity contribution in [1.82, 2.24) is 3.97 Å². The summed E-state index contributed by atoms with van der Waals surface area (Å²) in [6.45, 7) is 0. The fourth-order valence-electron chi connectivity index (χ4n) is 2.06. The predicted octanol–water partition coefficient (Wildman–Crippen LogP) is 4.82. The number of fused-ring (bicyclic) bond motifs is 1. The van der Waals surface area contributed by atoms with Crippen molar-refractivity contribution >= 4 is 46.3 Å². The highest BCUT2D eigenvalue weighted by Crippen LogP contribution is 2.54. The fourth-order valence-corrected chi connectivity index (χ4v) is 4.34. The van der Waals surface area contributed by atoms with Crippen molar-refractivity contribution in [2.24, 2.45) is 0 Å². The van der Waals surface area contributed by atoms with Crippen molar-refractivity contribution in [3.05, 3.63) is 23.5 Å². The van der Waals surface area contributed by atoms with E-state index in [9.17, 15) is 13.2 Å². The molecule has 1 aromatic rings. The minimum absolute atomic E-state index is 0.102. The van der Waals surface area contributed by atoms with Gasteiger partial charge in [0, 0.05) is 36.5 Å². The third-order valence-electron chi connectivity index (χ3n) is 2.80. The molecule has 2 rings (SSSR count). The molecule has 0 amide bonds. The summed E-state index contributed by atoms with van der Waals surface area (Å²) in [5, 5.41) is 0. The molecular formula is C9H8BrF3INS. The monoisotopic (exact) mass is 425 g/mol. The SMILES string of the molecule is FC(F)(F)C1(Br)CCCc2ccn(SI)c21. The molecule has 16 heavy (non-hydrogen) atoms. The number of hydrogen-bond acceptors (Lipinski definition) is 1. The third-order valence-corrected chi connectivity index (χ3v) is 5.75. The molecule has 1 unspecified atom stereocenters. The van der Waals surface area contributed by atoms with Crippen molar-refractivity contribution < 1.29 is 13.2 Å². The van der Waals surface area contributed by atoms with Crippen LogP contribution >= 0.6 is 46.3 Å². The van der Waals surface area contributed by atoms with Gasteiger partial charge >= 0.3 is 6.18 Å². The first kappa shape index (κ1) is 13.1. The van der Waals surface area contributed by atoms with Gasteiger partial charge in [0.1, 0.15) is 0 Å². The summed E-state index contributed by atoms with van der Waals surface area (Å²) in [6.07, 6.45) is -1.17. The molecule has 0 radical (unpaired) electrons. The molecule has 1 heterocycles.